The molecule has 1 heterocycles. The van der Waals surface area contributed by atoms with Crippen molar-refractivity contribution < 1.29 is 43.5 Å². The second-order valence-electron chi connectivity index (χ2n) is 13.1. The molecule has 41 heavy (non-hydrogen) atoms. The quantitative estimate of drug-likeness (QED) is 0.268. The molecule has 11 nitrogen and oxygen atoms in total. The van der Waals surface area contributed by atoms with E-state index in [9.17, 15) is 19.8 Å². The van der Waals surface area contributed by atoms with E-state index in [1.807, 2.05) is 0 Å². The molecule has 1 amide bonds. The number of anilines is 1. The minimum atomic E-state index is -1.87. The first kappa shape index (κ1) is 27.5. The van der Waals surface area contributed by atoms with Gasteiger partial charge in [-0.25, -0.2) is 4.79 Å². The number of hydrogen-bond acceptors (Lipinski definition) is 10. The van der Waals surface area contributed by atoms with E-state index in [4.69, 9.17) is 29.4 Å². The van der Waals surface area contributed by atoms with Gasteiger partial charge in [0.1, 0.15) is 17.8 Å². The first-order chi connectivity index (χ1) is 19.6. The number of methoxy groups -OCH3 is 4. The zero-order valence-electron chi connectivity index (χ0n) is 23.9. The molecule has 7 rings (SSSR count). The zero-order valence-corrected chi connectivity index (χ0v) is 23.9. The van der Waals surface area contributed by atoms with Gasteiger partial charge in [0, 0.05) is 63.7 Å². The molecular weight excluding hydrogens is 532 g/mol. The minimum Gasteiger partial charge on any atom is -0.461 e. The molecule has 6 aliphatic rings. The summed E-state index contributed by atoms with van der Waals surface area (Å²) in [5.41, 5.74) is 0.985. The first-order valence-corrected chi connectivity index (χ1v) is 14.5. The van der Waals surface area contributed by atoms with E-state index in [0.717, 1.165) is 0 Å². The lowest BCUT2D eigenvalue weighted by atomic mass is 9.43. The average Bonchev–Trinajstić information content (AvgIpc) is 3.38. The predicted molar refractivity (Wildman–Crippen MR) is 143 cm³/mol. The maximum absolute atomic E-state index is 14.2. The lowest BCUT2D eigenvalue weighted by Crippen LogP contribution is -2.82. The second-order valence-corrected chi connectivity index (χ2v) is 13.1. The predicted octanol–water partition coefficient (Wildman–Crippen LogP) is 0.512. The number of nitrogens with one attached hydrogen (secondary N) is 1. The van der Waals surface area contributed by atoms with Crippen molar-refractivity contribution in [2.24, 2.45) is 34.5 Å². The van der Waals surface area contributed by atoms with E-state index in [-0.39, 0.29) is 60.3 Å². The normalized spacial score (nSPS) is 50.4. The maximum atomic E-state index is 14.2. The molecule has 11 heteroatoms. The number of amides is 1. The Morgan fingerprint density at radius 3 is 2.51 bits per heavy atom. The zero-order chi connectivity index (χ0) is 29.1. The number of carbonyl (C=O) groups is 2. The van der Waals surface area contributed by atoms with E-state index in [1.54, 1.807) is 45.6 Å². The van der Waals surface area contributed by atoms with Crippen LogP contribution in [-0.4, -0.2) is 98.8 Å². The molecule has 1 saturated heterocycles. The van der Waals surface area contributed by atoms with Crippen molar-refractivity contribution in [3.8, 4) is 0 Å². The Kier molecular flexibility index (Phi) is 5.96. The highest BCUT2D eigenvalue weighted by molar-refractivity contribution is 5.95. The fourth-order valence-corrected chi connectivity index (χ4v) is 11.1. The van der Waals surface area contributed by atoms with Crippen molar-refractivity contribution in [3.63, 3.8) is 0 Å². The van der Waals surface area contributed by atoms with Gasteiger partial charge in [-0.1, -0.05) is 12.1 Å². The smallest absolute Gasteiger partial charge is 0.340 e. The summed E-state index contributed by atoms with van der Waals surface area (Å²) in [6, 6.07) is 5.81. The standard InChI is InChI=1S/C30H40N2O9/c1-37-18-12-28(35)20-16(11-15(18)21(20)39-3)29-19(38-2)9-10-27(13-41-24(33)14-7-5-6-8-17(14)31)22(29)23(40-4)30(28,36)25(29)32-26(27)34/h5-8,15-16,18-23,25,35-36H,9-13,31H2,1-4H3,(H,32,34)/t15-,16-,18+,19+,20-,21+,22-,23+,25+,27+,28-,29+,30-/m1/s1. The Labute approximate surface area is 239 Å². The Hall–Kier alpha value is -2.28. The number of benzene rings is 1. The third-order valence-corrected chi connectivity index (χ3v) is 12.3. The lowest BCUT2D eigenvalue weighted by Gasteiger charge is -2.67. The van der Waals surface area contributed by atoms with Crippen LogP contribution in [-0.2, 0) is 28.5 Å². The summed E-state index contributed by atoms with van der Waals surface area (Å²) in [4.78, 5) is 27.4. The van der Waals surface area contributed by atoms with E-state index in [0.29, 0.717) is 19.3 Å². The van der Waals surface area contributed by atoms with Gasteiger partial charge in [0.15, 0.2) is 0 Å². The fraction of sp³-hybridized carbons (Fsp3) is 0.733. The highest BCUT2D eigenvalue weighted by Crippen LogP contribution is 2.79. The van der Waals surface area contributed by atoms with Crippen LogP contribution in [0.3, 0.4) is 0 Å². The van der Waals surface area contributed by atoms with Crippen molar-refractivity contribution in [2.45, 2.75) is 67.3 Å². The largest absolute Gasteiger partial charge is 0.461 e. The van der Waals surface area contributed by atoms with Crippen LogP contribution in [0.15, 0.2) is 24.3 Å². The lowest BCUT2D eigenvalue weighted by molar-refractivity contribution is -0.299. The van der Waals surface area contributed by atoms with Crippen molar-refractivity contribution in [3.05, 3.63) is 29.8 Å². The number of esters is 1. The molecule has 5 saturated carbocycles. The van der Waals surface area contributed by atoms with Crippen molar-refractivity contribution in [1.29, 1.82) is 0 Å². The van der Waals surface area contributed by atoms with Gasteiger partial charge in [-0.2, -0.15) is 0 Å². The summed E-state index contributed by atoms with van der Waals surface area (Å²) in [7, 11) is 6.43. The number of hydrogen-bond donors (Lipinski definition) is 4. The van der Waals surface area contributed by atoms with Crippen LogP contribution in [0, 0.1) is 34.5 Å². The molecule has 5 N–H and O–H groups in total. The number of piperidine rings is 1. The molecule has 5 aliphatic carbocycles. The Bertz CT molecular complexity index is 1280. The number of carbonyl (C=O) groups excluding carboxylic acids is 2. The number of fused-ring (bicyclic) bond motifs is 2. The third-order valence-electron chi connectivity index (χ3n) is 12.3. The molecule has 1 spiro atoms. The van der Waals surface area contributed by atoms with Gasteiger partial charge >= 0.3 is 5.97 Å². The molecule has 6 fully saturated rings. The molecule has 1 aromatic rings. The molecule has 0 radical (unpaired) electrons. The van der Waals surface area contributed by atoms with Crippen molar-refractivity contribution in [2.75, 3.05) is 40.8 Å². The number of nitrogens with two attached hydrogens (primary N) is 1. The topological polar surface area (TPSA) is 159 Å². The van der Waals surface area contributed by atoms with Gasteiger partial charge in [0.25, 0.3) is 0 Å². The summed E-state index contributed by atoms with van der Waals surface area (Å²) >= 11 is 0. The van der Waals surface area contributed by atoms with E-state index < -0.39 is 52.0 Å². The van der Waals surface area contributed by atoms with Crippen LogP contribution in [0.2, 0.25) is 0 Å². The number of ether oxygens (including phenoxy) is 5. The van der Waals surface area contributed by atoms with Gasteiger partial charge in [-0.15, -0.1) is 0 Å². The summed E-state index contributed by atoms with van der Waals surface area (Å²) in [5, 5.41) is 28.9. The summed E-state index contributed by atoms with van der Waals surface area (Å²) in [6.45, 7) is -0.217. The number of nitrogen functional groups attached to an aromatic ring is 1. The summed E-state index contributed by atoms with van der Waals surface area (Å²) in [5.74, 6) is -2.14. The minimum absolute atomic E-state index is 0.00254. The average molecular weight is 573 g/mol. The highest BCUT2D eigenvalue weighted by Gasteiger charge is 2.92. The number of rotatable bonds is 7. The van der Waals surface area contributed by atoms with E-state index in [1.165, 1.54) is 7.11 Å². The summed E-state index contributed by atoms with van der Waals surface area (Å²) in [6.07, 6.45) is -0.247. The molecule has 1 aromatic carbocycles. The van der Waals surface area contributed by atoms with Crippen LogP contribution in [0.5, 0.6) is 0 Å². The maximum Gasteiger partial charge on any atom is 0.340 e. The van der Waals surface area contributed by atoms with Gasteiger partial charge in [0.2, 0.25) is 5.91 Å². The van der Waals surface area contributed by atoms with Crippen LogP contribution < -0.4 is 11.1 Å². The van der Waals surface area contributed by atoms with E-state index >= 15 is 0 Å². The number of aliphatic hydroxyl groups is 2. The molecule has 7 bridgehead atoms. The van der Waals surface area contributed by atoms with Crippen molar-refractivity contribution in [1.82, 2.24) is 5.32 Å². The highest BCUT2D eigenvalue weighted by atomic mass is 16.5. The van der Waals surface area contributed by atoms with E-state index in [2.05, 4.69) is 5.32 Å². The molecule has 0 aromatic heterocycles. The van der Waals surface area contributed by atoms with Crippen LogP contribution in [0.25, 0.3) is 0 Å². The first-order valence-electron chi connectivity index (χ1n) is 14.5. The van der Waals surface area contributed by atoms with Crippen molar-refractivity contribution >= 4 is 17.6 Å². The molecule has 1 aliphatic heterocycles. The van der Waals surface area contributed by atoms with Crippen LogP contribution in [0.4, 0.5) is 5.69 Å². The fourth-order valence-electron chi connectivity index (χ4n) is 11.1. The van der Waals surface area contributed by atoms with Gasteiger partial charge in [-0.3, -0.25) is 4.79 Å². The number of para-hydroxylation sites is 1. The molecular formula is C30H40N2O9. The molecule has 0 unspecified atom stereocenters. The second kappa shape index (κ2) is 8.87. The Morgan fingerprint density at radius 2 is 1.85 bits per heavy atom. The summed E-state index contributed by atoms with van der Waals surface area (Å²) < 4.78 is 30.2. The SMILES string of the molecule is CO[C@H]1[C@@H]2C[C@@H]3[C@H]1[C@](O)(C[C@@H]2OC)[C@@]1(O)[C@@H](OC)[C@@H]2[C@@]4(COC(=O)c5ccccc5N)CC[C@H](OC)[C@@]32[C@@H]1NC4=O. The molecule has 224 valence electrons. The van der Waals surface area contributed by atoms with Gasteiger partial charge in [0.05, 0.1) is 41.4 Å². The Morgan fingerprint density at radius 1 is 1.10 bits per heavy atom. The molecule has 13 atom stereocenters. The Balaban J connectivity index is 1.40. The van der Waals surface area contributed by atoms with Gasteiger partial charge < -0.3 is 44.9 Å². The third kappa shape index (κ3) is 2.90. The van der Waals surface area contributed by atoms with Crippen LogP contribution >= 0.6 is 0 Å². The van der Waals surface area contributed by atoms with Gasteiger partial charge in [-0.05, 0) is 37.3 Å². The monoisotopic (exact) mass is 572 g/mol. The van der Waals surface area contributed by atoms with Crippen LogP contribution in [0.1, 0.15) is 36.0 Å².